The molecule has 1 amide bonds. The molecule has 0 fully saturated rings. The van der Waals surface area contributed by atoms with Crippen LogP contribution in [0.3, 0.4) is 0 Å². The average Bonchev–Trinajstić information content (AvgIpc) is 3.03. The van der Waals surface area contributed by atoms with Crippen LogP contribution in [0.2, 0.25) is 0 Å². The zero-order chi connectivity index (χ0) is 20.5. The smallest absolute Gasteiger partial charge is 0.282 e. The topological polar surface area (TPSA) is 66.9 Å². The van der Waals surface area contributed by atoms with Gasteiger partial charge < -0.3 is 4.98 Å². The maximum absolute atomic E-state index is 13.1. The first-order chi connectivity index (χ1) is 13.9. The number of aryl methyl sites for hydroxylation is 2. The predicted molar refractivity (Wildman–Crippen MR) is 124 cm³/mol. The van der Waals surface area contributed by atoms with E-state index in [2.05, 4.69) is 41.6 Å². The van der Waals surface area contributed by atoms with Crippen LogP contribution in [0.1, 0.15) is 34.9 Å². The SMILES string of the molecule is Cc1ccc(CSCC(=O)Nn2c(=S)[nH]c3sc4c(c3c2=O)CCC(C)C4)cc1. The van der Waals surface area contributed by atoms with Crippen LogP contribution in [0.25, 0.3) is 10.2 Å². The Hall–Kier alpha value is -1.90. The van der Waals surface area contributed by atoms with Crippen molar-refractivity contribution in [2.24, 2.45) is 5.92 Å². The molecule has 2 aromatic heterocycles. The van der Waals surface area contributed by atoms with Crippen molar-refractivity contribution < 1.29 is 4.79 Å². The van der Waals surface area contributed by atoms with E-state index in [1.807, 2.05) is 6.92 Å². The van der Waals surface area contributed by atoms with Gasteiger partial charge in [0.05, 0.1) is 11.1 Å². The molecule has 1 aliphatic rings. The highest BCUT2D eigenvalue weighted by atomic mass is 32.2. The first-order valence-corrected chi connectivity index (χ1v) is 12.0. The molecule has 0 saturated carbocycles. The summed E-state index contributed by atoms with van der Waals surface area (Å²) in [6.07, 6.45) is 2.98. The zero-order valence-corrected chi connectivity index (χ0v) is 18.9. The van der Waals surface area contributed by atoms with Gasteiger partial charge in [-0.15, -0.1) is 23.1 Å². The number of rotatable bonds is 5. The van der Waals surface area contributed by atoms with Gasteiger partial charge in [-0.25, -0.2) is 0 Å². The molecule has 1 unspecified atom stereocenters. The maximum Gasteiger partial charge on any atom is 0.282 e. The summed E-state index contributed by atoms with van der Waals surface area (Å²) in [5, 5.41) is 0.679. The number of H-pyrrole nitrogens is 1. The quantitative estimate of drug-likeness (QED) is 0.565. The van der Waals surface area contributed by atoms with Gasteiger partial charge in [0.25, 0.3) is 5.56 Å². The van der Waals surface area contributed by atoms with Crippen LogP contribution in [0.4, 0.5) is 0 Å². The fraction of sp³-hybridized carbons (Fsp3) is 0.381. The molecular formula is C21H23N3O2S3. The number of nitrogens with zero attached hydrogens (tertiary/aromatic N) is 1. The number of hydrogen-bond acceptors (Lipinski definition) is 5. The molecule has 4 rings (SSSR count). The molecule has 2 N–H and O–H groups in total. The summed E-state index contributed by atoms with van der Waals surface area (Å²) in [7, 11) is 0. The third-order valence-corrected chi connectivity index (χ3v) is 7.67. The molecule has 1 aliphatic carbocycles. The molecule has 1 atom stereocenters. The Labute approximate surface area is 182 Å². The van der Waals surface area contributed by atoms with E-state index < -0.39 is 0 Å². The second kappa shape index (κ2) is 8.45. The second-order valence-electron chi connectivity index (χ2n) is 7.64. The highest BCUT2D eigenvalue weighted by Crippen LogP contribution is 2.35. The van der Waals surface area contributed by atoms with Crippen molar-refractivity contribution in [3.63, 3.8) is 0 Å². The van der Waals surface area contributed by atoms with Gasteiger partial charge in [-0.3, -0.25) is 15.0 Å². The molecule has 0 radical (unpaired) electrons. The molecule has 2 heterocycles. The monoisotopic (exact) mass is 445 g/mol. The van der Waals surface area contributed by atoms with Crippen molar-refractivity contribution in [2.45, 2.75) is 38.9 Å². The van der Waals surface area contributed by atoms with Crippen LogP contribution in [-0.4, -0.2) is 21.3 Å². The number of aromatic amines is 1. The zero-order valence-electron chi connectivity index (χ0n) is 16.4. The number of carbonyl (C=O) groups excluding carboxylic acids is 1. The van der Waals surface area contributed by atoms with Gasteiger partial charge in [0.15, 0.2) is 0 Å². The molecule has 3 aromatic rings. The first kappa shape index (κ1) is 20.4. The number of fused-ring (bicyclic) bond motifs is 3. The normalized spacial score (nSPS) is 16.0. The third kappa shape index (κ3) is 4.34. The highest BCUT2D eigenvalue weighted by Gasteiger charge is 2.23. The predicted octanol–water partition coefficient (Wildman–Crippen LogP) is 4.56. The number of amides is 1. The van der Waals surface area contributed by atoms with E-state index in [9.17, 15) is 9.59 Å². The molecule has 5 nitrogen and oxygen atoms in total. The summed E-state index contributed by atoms with van der Waals surface area (Å²) in [6, 6.07) is 8.25. The van der Waals surface area contributed by atoms with Gasteiger partial charge in [-0.2, -0.15) is 4.68 Å². The van der Waals surface area contributed by atoms with Gasteiger partial charge >= 0.3 is 0 Å². The Bertz CT molecular complexity index is 1170. The third-order valence-electron chi connectivity index (χ3n) is 5.21. The average molecular weight is 446 g/mol. The van der Waals surface area contributed by atoms with Crippen LogP contribution in [0, 0.1) is 17.6 Å². The second-order valence-corrected chi connectivity index (χ2v) is 10.1. The molecule has 0 bridgehead atoms. The van der Waals surface area contributed by atoms with E-state index in [0.717, 1.165) is 35.4 Å². The standard InChI is InChI=1S/C21H23N3O2S3/c1-12-3-6-14(7-4-12)10-28-11-17(25)23-24-20(26)18-15-8-5-13(2)9-16(15)29-19(18)22-21(24)27/h3-4,6-7,13H,5,8-11H2,1-2H3,(H,22,27)(H,23,25). The van der Waals surface area contributed by atoms with Crippen LogP contribution >= 0.6 is 35.3 Å². The minimum Gasteiger partial charge on any atom is -0.322 e. The molecule has 0 aliphatic heterocycles. The number of thiophene rings is 1. The lowest BCUT2D eigenvalue weighted by atomic mass is 9.89. The Morgan fingerprint density at radius 2 is 2.14 bits per heavy atom. The summed E-state index contributed by atoms with van der Waals surface area (Å²) in [6.45, 7) is 4.29. The summed E-state index contributed by atoms with van der Waals surface area (Å²) < 4.78 is 1.42. The Morgan fingerprint density at radius 3 is 2.90 bits per heavy atom. The van der Waals surface area contributed by atoms with E-state index in [-0.39, 0.29) is 22.0 Å². The van der Waals surface area contributed by atoms with E-state index >= 15 is 0 Å². The van der Waals surface area contributed by atoms with Gasteiger partial charge in [-0.1, -0.05) is 36.8 Å². The molecule has 1 aromatic carbocycles. The molecule has 0 spiro atoms. The summed E-state index contributed by atoms with van der Waals surface area (Å²) in [5.41, 5.74) is 5.96. The molecule has 152 valence electrons. The Balaban J connectivity index is 1.50. The van der Waals surface area contributed by atoms with Gasteiger partial charge in [0.1, 0.15) is 4.83 Å². The minimum atomic E-state index is -0.235. The summed E-state index contributed by atoms with van der Waals surface area (Å²) in [4.78, 5) is 30.7. The van der Waals surface area contributed by atoms with Gasteiger partial charge in [-0.05, 0) is 55.4 Å². The molecule has 0 saturated heterocycles. The molecule has 29 heavy (non-hydrogen) atoms. The summed E-state index contributed by atoms with van der Waals surface area (Å²) in [5.74, 6) is 1.39. The highest BCUT2D eigenvalue weighted by molar-refractivity contribution is 7.99. The van der Waals surface area contributed by atoms with Crippen molar-refractivity contribution >= 4 is 51.4 Å². The first-order valence-electron chi connectivity index (χ1n) is 9.65. The van der Waals surface area contributed by atoms with Gasteiger partial charge in [0.2, 0.25) is 10.7 Å². The van der Waals surface area contributed by atoms with Crippen molar-refractivity contribution in [3.05, 3.63) is 61.0 Å². The van der Waals surface area contributed by atoms with Crippen LogP contribution in [0.15, 0.2) is 29.1 Å². The van der Waals surface area contributed by atoms with Crippen molar-refractivity contribution in [3.8, 4) is 0 Å². The molecule has 8 heteroatoms. The fourth-order valence-electron chi connectivity index (χ4n) is 3.63. The Morgan fingerprint density at radius 1 is 1.38 bits per heavy atom. The number of carbonyl (C=O) groups is 1. The number of nitrogens with one attached hydrogen (secondary N) is 2. The Kier molecular flexibility index (Phi) is 5.94. The van der Waals surface area contributed by atoms with E-state index in [1.54, 1.807) is 11.3 Å². The number of hydrogen-bond donors (Lipinski definition) is 2. The van der Waals surface area contributed by atoms with Crippen LogP contribution < -0.4 is 11.0 Å². The lowest BCUT2D eigenvalue weighted by Crippen LogP contribution is -2.35. The largest absolute Gasteiger partial charge is 0.322 e. The van der Waals surface area contributed by atoms with Crippen molar-refractivity contribution in [2.75, 3.05) is 11.2 Å². The number of thioether (sulfide) groups is 1. The van der Waals surface area contributed by atoms with E-state index in [4.69, 9.17) is 12.2 Å². The minimum absolute atomic E-state index is 0.228. The lowest BCUT2D eigenvalue weighted by molar-refractivity contribution is -0.114. The summed E-state index contributed by atoms with van der Waals surface area (Å²) >= 11 is 8.47. The van der Waals surface area contributed by atoms with Crippen LogP contribution in [-0.2, 0) is 23.4 Å². The number of aromatic nitrogens is 2. The van der Waals surface area contributed by atoms with Crippen molar-refractivity contribution in [1.82, 2.24) is 9.66 Å². The van der Waals surface area contributed by atoms with Crippen molar-refractivity contribution in [1.29, 1.82) is 0 Å². The van der Waals surface area contributed by atoms with E-state index in [0.29, 0.717) is 11.3 Å². The number of benzene rings is 1. The molecular weight excluding hydrogens is 422 g/mol. The lowest BCUT2D eigenvalue weighted by Gasteiger charge is -2.17. The maximum atomic E-state index is 13.1. The van der Waals surface area contributed by atoms with E-state index in [1.165, 1.54) is 32.4 Å². The van der Waals surface area contributed by atoms with Crippen LogP contribution in [0.5, 0.6) is 0 Å². The van der Waals surface area contributed by atoms with Gasteiger partial charge in [0, 0.05) is 10.6 Å². The fourth-order valence-corrected chi connectivity index (χ4v) is 6.10.